The number of alkyl halides is 3. The fourth-order valence-electron chi connectivity index (χ4n) is 1.83. The van der Waals surface area contributed by atoms with Crippen LogP contribution in [-0.2, 0) is 11.8 Å². The van der Waals surface area contributed by atoms with Gasteiger partial charge in [0.25, 0.3) is 0 Å². The standard InChI is InChI=1S/C13H12F3NOS/c1-2-12(18,9-6-4-3-5-7-9)10-8-17-11(19-10)13(14,15)16/h3-8,18H,2H2,1H3. The van der Waals surface area contributed by atoms with Gasteiger partial charge in [0.2, 0.25) is 0 Å². The molecule has 6 heteroatoms. The summed E-state index contributed by atoms with van der Waals surface area (Å²) in [4.78, 5) is 3.56. The summed E-state index contributed by atoms with van der Waals surface area (Å²) in [5, 5.41) is 9.71. The van der Waals surface area contributed by atoms with Gasteiger partial charge in [0, 0.05) is 6.20 Å². The Balaban J connectivity index is 2.45. The van der Waals surface area contributed by atoms with Crippen molar-refractivity contribution >= 4 is 11.3 Å². The summed E-state index contributed by atoms with van der Waals surface area (Å²) in [6, 6.07) is 8.64. The van der Waals surface area contributed by atoms with Crippen LogP contribution in [0.15, 0.2) is 36.5 Å². The van der Waals surface area contributed by atoms with Gasteiger partial charge in [0.05, 0.1) is 4.88 Å². The Hall–Kier alpha value is -1.40. The molecule has 1 N–H and O–H groups in total. The zero-order valence-electron chi connectivity index (χ0n) is 10.1. The van der Waals surface area contributed by atoms with Gasteiger partial charge in [-0.25, -0.2) is 4.98 Å². The molecule has 0 aliphatic rings. The van der Waals surface area contributed by atoms with Crippen LogP contribution in [-0.4, -0.2) is 10.1 Å². The van der Waals surface area contributed by atoms with Gasteiger partial charge in [-0.05, 0) is 12.0 Å². The molecular formula is C13H12F3NOS. The van der Waals surface area contributed by atoms with Crippen LogP contribution in [0.1, 0.15) is 28.8 Å². The molecule has 0 spiro atoms. The largest absolute Gasteiger partial charge is 0.443 e. The van der Waals surface area contributed by atoms with Gasteiger partial charge in [-0.3, -0.25) is 0 Å². The molecule has 1 aromatic carbocycles. The summed E-state index contributed by atoms with van der Waals surface area (Å²) < 4.78 is 37.7. The van der Waals surface area contributed by atoms with Gasteiger partial charge in [-0.2, -0.15) is 13.2 Å². The Labute approximate surface area is 112 Å². The normalized spacial score (nSPS) is 15.2. The Morgan fingerprint density at radius 2 is 1.84 bits per heavy atom. The predicted octanol–water partition coefficient (Wildman–Crippen LogP) is 3.81. The first-order valence-corrected chi connectivity index (χ1v) is 6.51. The van der Waals surface area contributed by atoms with Gasteiger partial charge in [-0.15, -0.1) is 11.3 Å². The van der Waals surface area contributed by atoms with E-state index in [4.69, 9.17) is 0 Å². The van der Waals surface area contributed by atoms with E-state index >= 15 is 0 Å². The Morgan fingerprint density at radius 3 is 2.32 bits per heavy atom. The topological polar surface area (TPSA) is 33.1 Å². The molecule has 2 rings (SSSR count). The second-order valence-corrected chi connectivity index (χ2v) is 5.14. The number of rotatable bonds is 3. The van der Waals surface area contributed by atoms with Crippen LogP contribution in [0.4, 0.5) is 13.2 Å². The van der Waals surface area contributed by atoms with E-state index < -0.39 is 16.8 Å². The van der Waals surface area contributed by atoms with E-state index in [-0.39, 0.29) is 11.3 Å². The minimum absolute atomic E-state index is 0.202. The molecule has 0 saturated carbocycles. The summed E-state index contributed by atoms with van der Waals surface area (Å²) in [7, 11) is 0. The first-order chi connectivity index (χ1) is 8.88. The summed E-state index contributed by atoms with van der Waals surface area (Å²) in [6.07, 6.45) is -3.10. The van der Waals surface area contributed by atoms with Crippen LogP contribution < -0.4 is 0 Å². The maximum atomic E-state index is 12.6. The van der Waals surface area contributed by atoms with Crippen molar-refractivity contribution in [1.82, 2.24) is 4.98 Å². The second kappa shape index (κ2) is 4.94. The van der Waals surface area contributed by atoms with E-state index in [2.05, 4.69) is 4.98 Å². The summed E-state index contributed by atoms with van der Waals surface area (Å²) in [5.41, 5.74) is -0.863. The Bertz CT molecular complexity index is 553. The van der Waals surface area contributed by atoms with Crippen molar-refractivity contribution in [2.45, 2.75) is 25.1 Å². The molecule has 19 heavy (non-hydrogen) atoms. The number of aliphatic hydroxyl groups is 1. The highest BCUT2D eigenvalue weighted by atomic mass is 32.1. The molecule has 1 heterocycles. The molecule has 1 aromatic heterocycles. The Morgan fingerprint density at radius 1 is 1.21 bits per heavy atom. The smallest absolute Gasteiger partial charge is 0.379 e. The highest BCUT2D eigenvalue weighted by Gasteiger charge is 2.38. The lowest BCUT2D eigenvalue weighted by molar-refractivity contribution is -0.137. The number of thiazole rings is 1. The summed E-state index contributed by atoms with van der Waals surface area (Å²) in [6.45, 7) is 1.72. The van der Waals surface area contributed by atoms with E-state index in [0.29, 0.717) is 16.9 Å². The maximum Gasteiger partial charge on any atom is 0.443 e. The second-order valence-electron chi connectivity index (χ2n) is 4.11. The fraction of sp³-hybridized carbons (Fsp3) is 0.308. The number of halogens is 3. The fourth-order valence-corrected chi connectivity index (χ4v) is 2.80. The van der Waals surface area contributed by atoms with Gasteiger partial charge in [0.15, 0.2) is 5.01 Å². The van der Waals surface area contributed by atoms with E-state index in [1.165, 1.54) is 0 Å². The zero-order valence-corrected chi connectivity index (χ0v) is 10.9. The average Bonchev–Trinajstić information content (AvgIpc) is 2.89. The van der Waals surface area contributed by atoms with E-state index in [1.807, 2.05) is 0 Å². The third-order valence-electron chi connectivity index (χ3n) is 2.92. The van der Waals surface area contributed by atoms with Gasteiger partial charge in [0.1, 0.15) is 5.60 Å². The third kappa shape index (κ3) is 2.64. The highest BCUT2D eigenvalue weighted by Crippen LogP contribution is 2.40. The van der Waals surface area contributed by atoms with Crippen LogP contribution in [0.5, 0.6) is 0 Å². The monoisotopic (exact) mass is 287 g/mol. The molecule has 1 atom stereocenters. The number of benzene rings is 1. The maximum absolute atomic E-state index is 12.6. The predicted molar refractivity (Wildman–Crippen MR) is 66.8 cm³/mol. The van der Waals surface area contributed by atoms with Crippen molar-refractivity contribution in [2.75, 3.05) is 0 Å². The molecule has 1 unspecified atom stereocenters. The van der Waals surface area contributed by atoms with E-state index in [1.54, 1.807) is 37.3 Å². The van der Waals surface area contributed by atoms with Crippen molar-refractivity contribution in [1.29, 1.82) is 0 Å². The minimum atomic E-state index is -4.48. The molecule has 2 nitrogen and oxygen atoms in total. The lowest BCUT2D eigenvalue weighted by atomic mass is 9.90. The number of nitrogens with zero attached hydrogens (tertiary/aromatic N) is 1. The summed E-state index contributed by atoms with van der Waals surface area (Å²) >= 11 is 0.480. The van der Waals surface area contributed by atoms with Crippen molar-refractivity contribution in [3.8, 4) is 0 Å². The van der Waals surface area contributed by atoms with Gasteiger partial charge >= 0.3 is 6.18 Å². The van der Waals surface area contributed by atoms with Crippen LogP contribution >= 0.6 is 11.3 Å². The zero-order chi connectivity index (χ0) is 14.1. The van der Waals surface area contributed by atoms with E-state index in [0.717, 1.165) is 6.20 Å². The van der Waals surface area contributed by atoms with Crippen molar-refractivity contribution in [3.05, 3.63) is 52.0 Å². The lowest BCUT2D eigenvalue weighted by Crippen LogP contribution is -2.24. The molecule has 0 amide bonds. The van der Waals surface area contributed by atoms with E-state index in [9.17, 15) is 18.3 Å². The van der Waals surface area contributed by atoms with Crippen molar-refractivity contribution in [2.24, 2.45) is 0 Å². The molecule has 0 saturated heterocycles. The van der Waals surface area contributed by atoms with Crippen molar-refractivity contribution in [3.63, 3.8) is 0 Å². The van der Waals surface area contributed by atoms with Crippen LogP contribution in [0, 0.1) is 0 Å². The molecule has 2 aromatic rings. The molecule has 0 aliphatic heterocycles. The quantitative estimate of drug-likeness (QED) is 0.931. The van der Waals surface area contributed by atoms with Crippen LogP contribution in [0.3, 0.4) is 0 Å². The van der Waals surface area contributed by atoms with Crippen LogP contribution in [0.2, 0.25) is 0 Å². The molecular weight excluding hydrogens is 275 g/mol. The molecule has 0 aliphatic carbocycles. The minimum Gasteiger partial charge on any atom is -0.379 e. The number of hydrogen-bond donors (Lipinski definition) is 1. The first-order valence-electron chi connectivity index (χ1n) is 5.69. The van der Waals surface area contributed by atoms with Crippen molar-refractivity contribution < 1.29 is 18.3 Å². The molecule has 0 radical (unpaired) electrons. The highest BCUT2D eigenvalue weighted by molar-refractivity contribution is 7.11. The third-order valence-corrected chi connectivity index (χ3v) is 4.11. The SMILES string of the molecule is CCC(O)(c1ccccc1)c1cnc(C(F)(F)F)s1. The molecule has 0 bridgehead atoms. The summed E-state index contributed by atoms with van der Waals surface area (Å²) in [5.74, 6) is 0. The first kappa shape index (κ1) is 14.0. The molecule has 102 valence electrons. The molecule has 0 fully saturated rings. The number of aromatic nitrogens is 1. The van der Waals surface area contributed by atoms with Gasteiger partial charge < -0.3 is 5.11 Å². The Kier molecular flexibility index (Phi) is 3.64. The van der Waals surface area contributed by atoms with Gasteiger partial charge in [-0.1, -0.05) is 37.3 Å². The lowest BCUT2D eigenvalue weighted by Gasteiger charge is -2.25. The number of hydrogen-bond acceptors (Lipinski definition) is 3. The average molecular weight is 287 g/mol. The van der Waals surface area contributed by atoms with Crippen LogP contribution in [0.25, 0.3) is 0 Å².